The van der Waals surface area contributed by atoms with Gasteiger partial charge in [-0.1, -0.05) is 0 Å². The van der Waals surface area contributed by atoms with Gasteiger partial charge in [-0.2, -0.15) is 0 Å². The Labute approximate surface area is 114 Å². The van der Waals surface area contributed by atoms with Crippen LogP contribution in [0.1, 0.15) is 38.5 Å². The first-order chi connectivity index (χ1) is 9.22. The normalized spacial score (nSPS) is 46.7. The highest BCUT2D eigenvalue weighted by Gasteiger charge is 2.48. The van der Waals surface area contributed by atoms with Crippen molar-refractivity contribution in [2.75, 3.05) is 19.6 Å². The van der Waals surface area contributed by atoms with Gasteiger partial charge in [0.05, 0.1) is 6.10 Å². The molecule has 0 aromatic rings. The molecule has 4 saturated heterocycles. The van der Waals surface area contributed by atoms with E-state index in [2.05, 4.69) is 9.80 Å². The summed E-state index contributed by atoms with van der Waals surface area (Å²) in [5.41, 5.74) is 0. The maximum absolute atomic E-state index is 12.1. The maximum atomic E-state index is 12.1. The van der Waals surface area contributed by atoms with Crippen LogP contribution in [0.2, 0.25) is 0 Å². The number of piperidine rings is 4. The molecule has 106 valence electrons. The zero-order valence-electron chi connectivity index (χ0n) is 11.5. The number of hydrogen-bond donors (Lipinski definition) is 1. The van der Waals surface area contributed by atoms with Crippen molar-refractivity contribution in [3.05, 3.63) is 0 Å². The topological polar surface area (TPSA) is 43.8 Å². The van der Waals surface area contributed by atoms with Gasteiger partial charge in [0.2, 0.25) is 5.91 Å². The molecule has 4 fully saturated rings. The summed E-state index contributed by atoms with van der Waals surface area (Å²) in [6.07, 6.45) is 6.07. The second kappa shape index (κ2) is 4.45. The molecule has 1 amide bonds. The van der Waals surface area contributed by atoms with Crippen molar-refractivity contribution >= 4 is 5.91 Å². The van der Waals surface area contributed by atoms with E-state index in [0.717, 1.165) is 45.3 Å². The Morgan fingerprint density at radius 3 is 2.79 bits per heavy atom. The van der Waals surface area contributed by atoms with E-state index in [1.165, 1.54) is 12.8 Å². The molecule has 4 aliphatic rings. The van der Waals surface area contributed by atoms with Crippen molar-refractivity contribution in [2.45, 2.75) is 56.7 Å². The second-order valence-corrected chi connectivity index (χ2v) is 7.00. The van der Waals surface area contributed by atoms with Gasteiger partial charge >= 0.3 is 0 Å². The summed E-state index contributed by atoms with van der Waals surface area (Å²) in [4.78, 5) is 17.0. The predicted molar refractivity (Wildman–Crippen MR) is 71.6 cm³/mol. The van der Waals surface area contributed by atoms with Crippen LogP contribution in [-0.4, -0.2) is 58.6 Å². The lowest BCUT2D eigenvalue weighted by Gasteiger charge is -2.57. The van der Waals surface area contributed by atoms with Crippen molar-refractivity contribution in [2.24, 2.45) is 11.8 Å². The van der Waals surface area contributed by atoms with Gasteiger partial charge < -0.3 is 10.0 Å². The van der Waals surface area contributed by atoms with Gasteiger partial charge in [-0.3, -0.25) is 9.69 Å². The van der Waals surface area contributed by atoms with E-state index < -0.39 is 0 Å². The zero-order chi connectivity index (χ0) is 13.0. The maximum Gasteiger partial charge on any atom is 0.222 e. The number of fused-ring (bicyclic) bond motifs is 6. The summed E-state index contributed by atoms with van der Waals surface area (Å²) in [5, 5.41) is 9.92. The SMILES string of the molecule is O=C1CCCC2C3CC(CN12)C1C[C@@H](O)CCN1C3. The first-order valence-corrected chi connectivity index (χ1v) is 7.94. The molecule has 19 heavy (non-hydrogen) atoms. The minimum absolute atomic E-state index is 0.118. The number of amides is 1. The smallest absolute Gasteiger partial charge is 0.222 e. The number of carbonyl (C=O) groups excluding carboxylic acids is 1. The summed E-state index contributed by atoms with van der Waals surface area (Å²) in [5.74, 6) is 1.68. The van der Waals surface area contributed by atoms with Gasteiger partial charge in [0.15, 0.2) is 0 Å². The Hall–Kier alpha value is -0.610. The quantitative estimate of drug-likeness (QED) is 0.705. The third kappa shape index (κ3) is 1.91. The molecule has 1 N–H and O–H groups in total. The summed E-state index contributed by atoms with van der Waals surface area (Å²) in [6, 6.07) is 1.04. The molecular weight excluding hydrogens is 240 g/mol. The van der Waals surface area contributed by atoms with Gasteiger partial charge in [-0.25, -0.2) is 0 Å². The Bertz CT molecular complexity index is 386. The first-order valence-electron chi connectivity index (χ1n) is 7.94. The van der Waals surface area contributed by atoms with Crippen molar-refractivity contribution in [1.82, 2.24) is 9.80 Å². The number of rotatable bonds is 0. The van der Waals surface area contributed by atoms with Crippen LogP contribution in [0.25, 0.3) is 0 Å². The Morgan fingerprint density at radius 2 is 1.89 bits per heavy atom. The monoisotopic (exact) mass is 264 g/mol. The molecule has 5 atom stereocenters. The van der Waals surface area contributed by atoms with Crippen LogP contribution in [0.4, 0.5) is 0 Å². The summed E-state index contributed by atoms with van der Waals surface area (Å²) in [7, 11) is 0. The van der Waals surface area contributed by atoms with Crippen LogP contribution < -0.4 is 0 Å². The van der Waals surface area contributed by atoms with Crippen LogP contribution in [0.5, 0.6) is 0 Å². The zero-order valence-corrected chi connectivity index (χ0v) is 11.5. The number of carbonyl (C=O) groups is 1. The molecule has 0 spiro atoms. The summed E-state index contributed by atoms with van der Waals surface area (Å²) < 4.78 is 0. The van der Waals surface area contributed by atoms with E-state index in [1.54, 1.807) is 0 Å². The molecule has 4 aliphatic heterocycles. The van der Waals surface area contributed by atoms with Crippen LogP contribution in [0.15, 0.2) is 0 Å². The average Bonchev–Trinajstić information content (AvgIpc) is 2.41. The van der Waals surface area contributed by atoms with Crippen molar-refractivity contribution in [3.63, 3.8) is 0 Å². The lowest BCUT2D eigenvalue weighted by Crippen LogP contribution is -2.65. The standard InChI is InChI=1S/C15H24N2O2/c18-12-4-5-16-8-10-6-11(14(16)7-12)9-17-13(10)2-1-3-15(17)19/h10-14,18H,1-9H2/t10?,11?,12-,13?,14?/m0/s1. The van der Waals surface area contributed by atoms with Gasteiger partial charge in [0, 0.05) is 38.1 Å². The molecule has 4 unspecified atom stereocenters. The highest BCUT2D eigenvalue weighted by atomic mass is 16.3. The minimum atomic E-state index is -0.118. The Kier molecular flexibility index (Phi) is 2.85. The molecule has 0 saturated carbocycles. The van der Waals surface area contributed by atoms with Gasteiger partial charge in [0.25, 0.3) is 0 Å². The van der Waals surface area contributed by atoms with Crippen molar-refractivity contribution in [1.29, 1.82) is 0 Å². The first kappa shape index (κ1) is 12.2. The van der Waals surface area contributed by atoms with Gasteiger partial charge in [0.1, 0.15) is 0 Å². The van der Waals surface area contributed by atoms with E-state index in [1.807, 2.05) is 0 Å². The third-order valence-corrected chi connectivity index (χ3v) is 5.94. The highest BCUT2D eigenvalue weighted by Crippen LogP contribution is 2.42. The van der Waals surface area contributed by atoms with Gasteiger partial charge in [-0.05, 0) is 43.9 Å². The van der Waals surface area contributed by atoms with Crippen molar-refractivity contribution < 1.29 is 9.90 Å². The van der Waals surface area contributed by atoms with Gasteiger partial charge in [-0.15, -0.1) is 0 Å². The summed E-state index contributed by atoms with van der Waals surface area (Å²) in [6.45, 7) is 3.16. The fourth-order valence-electron chi connectivity index (χ4n) is 5.07. The average molecular weight is 264 g/mol. The molecule has 2 bridgehead atoms. The number of nitrogens with zero attached hydrogens (tertiary/aromatic N) is 2. The molecule has 0 aromatic carbocycles. The third-order valence-electron chi connectivity index (χ3n) is 5.94. The number of hydrogen-bond acceptors (Lipinski definition) is 3. The molecule has 4 rings (SSSR count). The van der Waals surface area contributed by atoms with Crippen LogP contribution in [0.3, 0.4) is 0 Å². The highest BCUT2D eigenvalue weighted by molar-refractivity contribution is 5.77. The molecule has 0 aliphatic carbocycles. The van der Waals surface area contributed by atoms with Crippen LogP contribution in [-0.2, 0) is 4.79 Å². The fraction of sp³-hybridized carbons (Fsp3) is 0.933. The molecule has 4 nitrogen and oxygen atoms in total. The molecule has 0 radical (unpaired) electrons. The van der Waals surface area contributed by atoms with Crippen LogP contribution in [0, 0.1) is 11.8 Å². The van der Waals surface area contributed by atoms with E-state index in [-0.39, 0.29) is 6.10 Å². The Morgan fingerprint density at radius 1 is 1.05 bits per heavy atom. The number of aliphatic hydroxyl groups is 1. The fourth-order valence-corrected chi connectivity index (χ4v) is 5.07. The molecule has 0 aromatic heterocycles. The van der Waals surface area contributed by atoms with E-state index in [4.69, 9.17) is 0 Å². The predicted octanol–water partition coefficient (Wildman–Crippen LogP) is 0.843. The van der Waals surface area contributed by atoms with E-state index in [9.17, 15) is 9.90 Å². The molecule has 4 heteroatoms. The van der Waals surface area contributed by atoms with Crippen LogP contribution >= 0.6 is 0 Å². The lowest BCUT2D eigenvalue weighted by atomic mass is 9.70. The van der Waals surface area contributed by atoms with E-state index in [0.29, 0.717) is 29.8 Å². The van der Waals surface area contributed by atoms with Crippen molar-refractivity contribution in [3.8, 4) is 0 Å². The second-order valence-electron chi connectivity index (χ2n) is 7.00. The summed E-state index contributed by atoms with van der Waals surface area (Å²) >= 11 is 0. The number of aliphatic hydroxyl groups excluding tert-OH is 1. The minimum Gasteiger partial charge on any atom is -0.393 e. The van der Waals surface area contributed by atoms with E-state index >= 15 is 0 Å². The molecule has 4 heterocycles. The molecular formula is C15H24N2O2. The Balaban J connectivity index is 1.58. The largest absolute Gasteiger partial charge is 0.393 e. The lowest BCUT2D eigenvalue weighted by molar-refractivity contribution is -0.150.